The minimum atomic E-state index is -0.976. The standard InChI is InChI=1S/C9H13FN4O2/c10-3-5-14-7-8(12-13-14)6-11-4-1-2-9(15)16/h1-2,7,11H,3-6H2,(H,15,16). The molecule has 0 amide bonds. The first-order valence-corrected chi connectivity index (χ1v) is 4.77. The second kappa shape index (κ2) is 6.67. The summed E-state index contributed by atoms with van der Waals surface area (Å²) < 4.78 is 13.4. The average molecular weight is 228 g/mol. The molecule has 6 nitrogen and oxygen atoms in total. The van der Waals surface area contributed by atoms with Gasteiger partial charge in [0.25, 0.3) is 0 Å². The molecule has 0 aliphatic heterocycles. The van der Waals surface area contributed by atoms with E-state index in [0.29, 0.717) is 18.8 Å². The predicted octanol–water partition coefficient (Wildman–Crippen LogP) is -0.0220. The Morgan fingerprint density at radius 3 is 3.19 bits per heavy atom. The Balaban J connectivity index is 2.23. The number of carboxylic acid groups (broad SMARTS) is 1. The van der Waals surface area contributed by atoms with E-state index in [4.69, 9.17) is 5.11 Å². The fourth-order valence-electron chi connectivity index (χ4n) is 1.06. The van der Waals surface area contributed by atoms with E-state index in [-0.39, 0.29) is 6.54 Å². The lowest BCUT2D eigenvalue weighted by Gasteiger charge is -1.95. The third-order valence-electron chi connectivity index (χ3n) is 1.73. The van der Waals surface area contributed by atoms with Gasteiger partial charge in [-0.05, 0) is 0 Å². The topological polar surface area (TPSA) is 80.0 Å². The Labute approximate surface area is 91.8 Å². The number of hydrogen-bond acceptors (Lipinski definition) is 4. The molecule has 1 aromatic heterocycles. The molecule has 1 rings (SSSR count). The van der Waals surface area contributed by atoms with Crippen molar-refractivity contribution < 1.29 is 14.3 Å². The van der Waals surface area contributed by atoms with Gasteiger partial charge in [0.15, 0.2) is 0 Å². The predicted molar refractivity (Wildman–Crippen MR) is 54.5 cm³/mol. The first-order valence-electron chi connectivity index (χ1n) is 4.77. The molecule has 0 aromatic carbocycles. The lowest BCUT2D eigenvalue weighted by Crippen LogP contribution is -2.13. The molecule has 0 saturated heterocycles. The molecule has 2 N–H and O–H groups in total. The van der Waals surface area contributed by atoms with E-state index >= 15 is 0 Å². The highest BCUT2D eigenvalue weighted by Gasteiger charge is 1.98. The molecule has 0 atom stereocenters. The van der Waals surface area contributed by atoms with Crippen molar-refractivity contribution >= 4 is 5.97 Å². The number of halogens is 1. The number of carboxylic acids is 1. The van der Waals surface area contributed by atoms with Crippen LogP contribution in [0.2, 0.25) is 0 Å². The molecule has 0 spiro atoms. The lowest BCUT2D eigenvalue weighted by atomic mass is 10.4. The zero-order chi connectivity index (χ0) is 11.8. The van der Waals surface area contributed by atoms with Crippen LogP contribution >= 0.6 is 0 Å². The molecule has 0 aliphatic rings. The van der Waals surface area contributed by atoms with E-state index < -0.39 is 12.6 Å². The van der Waals surface area contributed by atoms with Crippen LogP contribution < -0.4 is 5.32 Å². The first kappa shape index (κ1) is 12.3. The first-order chi connectivity index (χ1) is 7.72. The van der Waals surface area contributed by atoms with E-state index in [1.807, 2.05) is 0 Å². The summed E-state index contributed by atoms with van der Waals surface area (Å²) in [6, 6.07) is 0. The van der Waals surface area contributed by atoms with Crippen molar-refractivity contribution in [3.05, 3.63) is 24.0 Å². The summed E-state index contributed by atoms with van der Waals surface area (Å²) in [7, 11) is 0. The normalized spacial score (nSPS) is 11.1. The van der Waals surface area contributed by atoms with Gasteiger partial charge in [-0.25, -0.2) is 13.9 Å². The smallest absolute Gasteiger partial charge is 0.328 e. The maximum Gasteiger partial charge on any atom is 0.328 e. The Kier molecular flexibility index (Phi) is 5.13. The van der Waals surface area contributed by atoms with Crippen molar-refractivity contribution in [2.75, 3.05) is 13.2 Å². The summed E-state index contributed by atoms with van der Waals surface area (Å²) >= 11 is 0. The van der Waals surface area contributed by atoms with E-state index in [9.17, 15) is 9.18 Å². The summed E-state index contributed by atoms with van der Waals surface area (Å²) in [4.78, 5) is 10.1. The van der Waals surface area contributed by atoms with E-state index in [1.165, 1.54) is 10.8 Å². The van der Waals surface area contributed by atoms with Crippen LogP contribution in [0, 0.1) is 0 Å². The molecule has 0 radical (unpaired) electrons. The number of rotatable bonds is 7. The molecule has 0 unspecified atom stereocenters. The fourth-order valence-corrected chi connectivity index (χ4v) is 1.06. The van der Waals surface area contributed by atoms with Crippen LogP contribution in [0.5, 0.6) is 0 Å². The van der Waals surface area contributed by atoms with Gasteiger partial charge < -0.3 is 10.4 Å². The molecular formula is C9H13FN4O2. The highest BCUT2D eigenvalue weighted by atomic mass is 19.1. The molecule has 1 heterocycles. The van der Waals surface area contributed by atoms with Crippen molar-refractivity contribution in [3.63, 3.8) is 0 Å². The fraction of sp³-hybridized carbons (Fsp3) is 0.444. The zero-order valence-corrected chi connectivity index (χ0v) is 8.64. The average Bonchev–Trinajstić information content (AvgIpc) is 2.65. The van der Waals surface area contributed by atoms with Gasteiger partial charge in [0, 0.05) is 25.4 Å². The second-order valence-electron chi connectivity index (χ2n) is 3.03. The van der Waals surface area contributed by atoms with E-state index in [0.717, 1.165) is 6.08 Å². The van der Waals surface area contributed by atoms with Gasteiger partial charge in [-0.3, -0.25) is 0 Å². The van der Waals surface area contributed by atoms with Gasteiger partial charge in [-0.1, -0.05) is 11.3 Å². The Hall–Kier alpha value is -1.76. The van der Waals surface area contributed by atoms with Crippen molar-refractivity contribution in [3.8, 4) is 0 Å². The number of hydrogen-bond donors (Lipinski definition) is 2. The van der Waals surface area contributed by atoms with Crippen molar-refractivity contribution in [1.29, 1.82) is 0 Å². The summed E-state index contributed by atoms with van der Waals surface area (Å²) in [5, 5.41) is 18.8. The third-order valence-corrected chi connectivity index (χ3v) is 1.73. The lowest BCUT2D eigenvalue weighted by molar-refractivity contribution is -0.131. The quantitative estimate of drug-likeness (QED) is 0.506. The number of carbonyl (C=O) groups is 1. The van der Waals surface area contributed by atoms with Gasteiger partial charge >= 0.3 is 5.97 Å². The molecule has 7 heteroatoms. The van der Waals surface area contributed by atoms with Crippen molar-refractivity contribution in [2.45, 2.75) is 13.1 Å². The van der Waals surface area contributed by atoms with Crippen LogP contribution in [0.1, 0.15) is 5.69 Å². The number of nitrogens with one attached hydrogen (secondary N) is 1. The van der Waals surface area contributed by atoms with E-state index in [1.54, 1.807) is 6.20 Å². The van der Waals surface area contributed by atoms with Crippen LogP contribution in [0.4, 0.5) is 4.39 Å². The Morgan fingerprint density at radius 2 is 2.50 bits per heavy atom. The number of aromatic nitrogens is 3. The number of aryl methyl sites for hydroxylation is 1. The van der Waals surface area contributed by atoms with Gasteiger partial charge in [-0.2, -0.15) is 0 Å². The minimum absolute atomic E-state index is 0.200. The van der Waals surface area contributed by atoms with Crippen molar-refractivity contribution in [1.82, 2.24) is 20.3 Å². The van der Waals surface area contributed by atoms with Crippen LogP contribution in [0.25, 0.3) is 0 Å². The van der Waals surface area contributed by atoms with Crippen LogP contribution in [-0.2, 0) is 17.9 Å². The molecule has 0 saturated carbocycles. The Bertz CT molecular complexity index is 364. The molecule has 0 fully saturated rings. The summed E-state index contributed by atoms with van der Waals surface area (Å²) in [5.41, 5.74) is 0.692. The van der Waals surface area contributed by atoms with Gasteiger partial charge in [0.1, 0.15) is 6.67 Å². The maximum absolute atomic E-state index is 11.9. The number of aliphatic carboxylic acids is 1. The molecule has 88 valence electrons. The largest absolute Gasteiger partial charge is 0.478 e. The Morgan fingerprint density at radius 1 is 1.69 bits per heavy atom. The van der Waals surface area contributed by atoms with Crippen molar-refractivity contribution in [2.24, 2.45) is 0 Å². The van der Waals surface area contributed by atoms with Gasteiger partial charge in [-0.15, -0.1) is 5.10 Å². The molecular weight excluding hydrogens is 215 g/mol. The molecule has 16 heavy (non-hydrogen) atoms. The second-order valence-corrected chi connectivity index (χ2v) is 3.03. The molecule has 1 aromatic rings. The number of nitrogens with zero attached hydrogens (tertiary/aromatic N) is 3. The minimum Gasteiger partial charge on any atom is -0.478 e. The van der Waals surface area contributed by atoms with Crippen LogP contribution in [0.3, 0.4) is 0 Å². The van der Waals surface area contributed by atoms with Gasteiger partial charge in [0.2, 0.25) is 0 Å². The maximum atomic E-state index is 11.9. The highest BCUT2D eigenvalue weighted by Crippen LogP contribution is 1.92. The molecule has 0 bridgehead atoms. The zero-order valence-electron chi connectivity index (χ0n) is 8.64. The monoisotopic (exact) mass is 228 g/mol. The number of alkyl halides is 1. The summed E-state index contributed by atoms with van der Waals surface area (Å²) in [6.07, 6.45) is 4.20. The van der Waals surface area contributed by atoms with Crippen LogP contribution in [-0.4, -0.2) is 39.3 Å². The molecule has 0 aliphatic carbocycles. The highest BCUT2D eigenvalue weighted by molar-refractivity contribution is 5.79. The summed E-state index contributed by atoms with van der Waals surface area (Å²) in [5.74, 6) is -0.976. The van der Waals surface area contributed by atoms with Gasteiger partial charge in [0.05, 0.1) is 12.2 Å². The van der Waals surface area contributed by atoms with Crippen LogP contribution in [0.15, 0.2) is 18.3 Å². The third kappa shape index (κ3) is 4.65. The SMILES string of the molecule is O=C(O)C=CCNCc1cn(CCF)nn1. The summed E-state index contributed by atoms with van der Waals surface area (Å²) in [6.45, 7) is 0.627. The van der Waals surface area contributed by atoms with E-state index in [2.05, 4.69) is 15.6 Å².